The van der Waals surface area contributed by atoms with Gasteiger partial charge in [0.15, 0.2) is 0 Å². The molecule has 1 amide bonds. The predicted octanol–water partition coefficient (Wildman–Crippen LogP) is -0.0112. The van der Waals surface area contributed by atoms with E-state index < -0.39 is 0 Å². The van der Waals surface area contributed by atoms with Crippen LogP contribution in [0.1, 0.15) is 0 Å². The zero-order valence-corrected chi connectivity index (χ0v) is 5.64. The van der Waals surface area contributed by atoms with Gasteiger partial charge >= 0.3 is 6.09 Å². The number of carbonyl (C=O) groups is 1. The molecule has 0 radical (unpaired) electrons. The summed E-state index contributed by atoms with van der Waals surface area (Å²) in [7, 11) is 3.25. The fourth-order valence-corrected chi connectivity index (χ4v) is 0.348. The van der Waals surface area contributed by atoms with E-state index in [1.54, 1.807) is 14.2 Å². The average Bonchev–Trinajstić information content (AvgIpc) is 2.20. The molecule has 0 spiro atoms. The van der Waals surface area contributed by atoms with E-state index in [0.717, 1.165) is 0 Å². The molecule has 54 valence electrons. The van der Waals surface area contributed by atoms with E-state index in [0.29, 0.717) is 13.2 Å². The Morgan fingerprint density at radius 3 is 2.33 bits per heavy atom. The summed E-state index contributed by atoms with van der Waals surface area (Å²) in [6, 6.07) is 0. The molecule has 1 heterocycles. The van der Waals surface area contributed by atoms with Crippen LogP contribution in [0.5, 0.6) is 0 Å². The van der Waals surface area contributed by atoms with Gasteiger partial charge in [-0.25, -0.2) is 4.79 Å². The van der Waals surface area contributed by atoms with Gasteiger partial charge in [-0.15, -0.1) is 0 Å². The Hall–Kier alpha value is -0.770. The molecule has 0 aromatic carbocycles. The maximum Gasteiger partial charge on any atom is 0.407 e. The minimum atomic E-state index is -0.296. The first kappa shape index (κ1) is 8.23. The highest BCUT2D eigenvalue weighted by Gasteiger charge is 2.06. The van der Waals surface area contributed by atoms with Crippen LogP contribution in [-0.2, 0) is 9.47 Å². The van der Waals surface area contributed by atoms with Crippen molar-refractivity contribution in [2.24, 2.45) is 0 Å². The normalized spacial score (nSPS) is 15.1. The Morgan fingerprint density at radius 2 is 2.22 bits per heavy atom. The van der Waals surface area contributed by atoms with E-state index in [9.17, 15) is 4.79 Å². The van der Waals surface area contributed by atoms with Crippen LogP contribution in [0.4, 0.5) is 4.79 Å². The van der Waals surface area contributed by atoms with Crippen molar-refractivity contribution in [3.63, 3.8) is 0 Å². The van der Waals surface area contributed by atoms with Crippen molar-refractivity contribution >= 4 is 6.09 Å². The summed E-state index contributed by atoms with van der Waals surface area (Å²) in [5.41, 5.74) is 0. The number of rotatable bonds is 0. The third-order valence-electron chi connectivity index (χ3n) is 0.605. The molecule has 0 aromatic rings. The summed E-state index contributed by atoms with van der Waals surface area (Å²) in [6.07, 6.45) is -0.296. The number of ether oxygens (including phenoxy) is 2. The number of hydrogen-bond acceptors (Lipinski definition) is 3. The third kappa shape index (κ3) is 5.10. The zero-order valence-electron chi connectivity index (χ0n) is 5.64. The van der Waals surface area contributed by atoms with Gasteiger partial charge < -0.3 is 14.8 Å². The molecule has 0 atom stereocenters. The van der Waals surface area contributed by atoms with Crippen LogP contribution in [0.15, 0.2) is 0 Å². The topological polar surface area (TPSA) is 47.6 Å². The molecule has 1 N–H and O–H groups in total. The van der Waals surface area contributed by atoms with Crippen molar-refractivity contribution in [2.75, 3.05) is 27.4 Å². The van der Waals surface area contributed by atoms with Gasteiger partial charge in [0.1, 0.15) is 6.61 Å². The Kier molecular flexibility index (Phi) is 4.91. The number of cyclic esters (lactones) is 1. The fourth-order valence-electron chi connectivity index (χ4n) is 0.348. The molecule has 1 aliphatic rings. The van der Waals surface area contributed by atoms with Gasteiger partial charge in [0, 0.05) is 14.2 Å². The summed E-state index contributed by atoms with van der Waals surface area (Å²) in [4.78, 5) is 9.91. The van der Waals surface area contributed by atoms with Gasteiger partial charge in [-0.3, -0.25) is 0 Å². The van der Waals surface area contributed by atoms with E-state index in [4.69, 9.17) is 0 Å². The van der Waals surface area contributed by atoms with Crippen LogP contribution in [0.3, 0.4) is 0 Å². The van der Waals surface area contributed by atoms with E-state index in [1.807, 2.05) is 0 Å². The predicted molar refractivity (Wildman–Crippen MR) is 32.3 cm³/mol. The molecule has 4 heteroatoms. The van der Waals surface area contributed by atoms with Gasteiger partial charge in [0.2, 0.25) is 0 Å². The van der Waals surface area contributed by atoms with Crippen LogP contribution < -0.4 is 5.32 Å². The molecule has 0 aromatic heterocycles. The lowest BCUT2D eigenvalue weighted by Gasteiger charge is -1.80. The van der Waals surface area contributed by atoms with Gasteiger partial charge in [0.25, 0.3) is 0 Å². The summed E-state index contributed by atoms with van der Waals surface area (Å²) < 4.78 is 8.65. The maximum atomic E-state index is 9.91. The Morgan fingerprint density at radius 1 is 1.67 bits per heavy atom. The highest BCUT2D eigenvalue weighted by atomic mass is 16.6. The van der Waals surface area contributed by atoms with Crippen molar-refractivity contribution in [3.05, 3.63) is 0 Å². The first-order valence-electron chi connectivity index (χ1n) is 2.62. The number of carbonyl (C=O) groups excluding carboxylic acids is 1. The quantitative estimate of drug-likeness (QED) is 0.505. The summed E-state index contributed by atoms with van der Waals surface area (Å²) in [5.74, 6) is 0. The minimum absolute atomic E-state index is 0.296. The minimum Gasteiger partial charge on any atom is -0.448 e. The second kappa shape index (κ2) is 5.37. The third-order valence-corrected chi connectivity index (χ3v) is 0.605. The van der Waals surface area contributed by atoms with Crippen LogP contribution in [0.2, 0.25) is 0 Å². The number of methoxy groups -OCH3 is 1. The number of alkyl carbamates (subject to hydrolysis) is 1. The Balaban J connectivity index is 0.000000187. The van der Waals surface area contributed by atoms with Crippen molar-refractivity contribution in [2.45, 2.75) is 0 Å². The van der Waals surface area contributed by atoms with E-state index >= 15 is 0 Å². The molecule has 9 heavy (non-hydrogen) atoms. The molecule has 1 rings (SSSR count). The monoisotopic (exact) mass is 133 g/mol. The summed E-state index contributed by atoms with van der Waals surface area (Å²) in [5, 5.41) is 2.46. The average molecular weight is 133 g/mol. The van der Waals surface area contributed by atoms with Gasteiger partial charge in [-0.1, -0.05) is 0 Å². The number of hydrogen-bond donors (Lipinski definition) is 1. The highest BCUT2D eigenvalue weighted by Crippen LogP contribution is 1.82. The van der Waals surface area contributed by atoms with Crippen LogP contribution in [-0.4, -0.2) is 33.5 Å². The van der Waals surface area contributed by atoms with Crippen LogP contribution in [0, 0.1) is 0 Å². The second-order valence-electron chi connectivity index (χ2n) is 1.47. The maximum absolute atomic E-state index is 9.91. The first-order chi connectivity index (χ1) is 4.31. The van der Waals surface area contributed by atoms with E-state index in [1.165, 1.54) is 0 Å². The lowest BCUT2D eigenvalue weighted by molar-refractivity contribution is 0.178. The molecular weight excluding hydrogens is 122 g/mol. The molecule has 1 fully saturated rings. The molecule has 1 saturated heterocycles. The van der Waals surface area contributed by atoms with Crippen LogP contribution in [0.25, 0.3) is 0 Å². The van der Waals surface area contributed by atoms with Gasteiger partial charge in [-0.05, 0) is 0 Å². The number of nitrogens with one attached hydrogen (secondary N) is 1. The summed E-state index contributed by atoms with van der Waals surface area (Å²) >= 11 is 0. The highest BCUT2D eigenvalue weighted by molar-refractivity contribution is 5.68. The summed E-state index contributed by atoms with van der Waals surface area (Å²) in [6.45, 7) is 1.19. The fraction of sp³-hybridized carbons (Fsp3) is 0.800. The largest absolute Gasteiger partial charge is 0.448 e. The lowest BCUT2D eigenvalue weighted by atomic mass is 10.7. The Labute approximate surface area is 54.1 Å². The molecular formula is C5H11NO3. The SMILES string of the molecule is COC.O=C1NCCO1. The molecule has 0 bridgehead atoms. The molecule has 0 saturated carbocycles. The van der Waals surface area contributed by atoms with Crippen molar-refractivity contribution in [1.82, 2.24) is 5.32 Å². The Bertz CT molecular complexity index is 76.3. The first-order valence-corrected chi connectivity index (χ1v) is 2.62. The van der Waals surface area contributed by atoms with Crippen molar-refractivity contribution < 1.29 is 14.3 Å². The molecule has 0 unspecified atom stereocenters. The van der Waals surface area contributed by atoms with Gasteiger partial charge in [-0.2, -0.15) is 0 Å². The molecule has 0 aliphatic carbocycles. The van der Waals surface area contributed by atoms with Crippen molar-refractivity contribution in [3.8, 4) is 0 Å². The smallest absolute Gasteiger partial charge is 0.407 e. The molecule has 4 nitrogen and oxygen atoms in total. The standard InChI is InChI=1S/C3H5NO2.C2H6O/c5-3-4-1-2-6-3;1-3-2/h1-2H2,(H,4,5);1-2H3. The van der Waals surface area contributed by atoms with Crippen LogP contribution >= 0.6 is 0 Å². The van der Waals surface area contributed by atoms with E-state index in [2.05, 4.69) is 14.8 Å². The van der Waals surface area contributed by atoms with E-state index in [-0.39, 0.29) is 6.09 Å². The van der Waals surface area contributed by atoms with Gasteiger partial charge in [0.05, 0.1) is 6.54 Å². The lowest BCUT2D eigenvalue weighted by Crippen LogP contribution is -2.11. The second-order valence-corrected chi connectivity index (χ2v) is 1.47. The number of amides is 1. The molecule has 1 aliphatic heterocycles. The zero-order chi connectivity index (χ0) is 7.11. The van der Waals surface area contributed by atoms with Crippen molar-refractivity contribution in [1.29, 1.82) is 0 Å².